The summed E-state index contributed by atoms with van der Waals surface area (Å²) in [5.74, 6) is 0.0479. The lowest BCUT2D eigenvalue weighted by atomic mass is 9.96. The molecule has 0 aliphatic carbocycles. The number of nitrogens with zero attached hydrogens (tertiary/aromatic N) is 1. The standard InChI is InChI=1S/C11H11F2N/c1-7(2)9-4-3-8(6-14)5-10(9)11(12)13/h3-5,7,11H,1-2H3. The fourth-order valence-corrected chi connectivity index (χ4v) is 1.36. The SMILES string of the molecule is CC(C)c1ccc(C#N)cc1C(F)F. The monoisotopic (exact) mass is 195 g/mol. The van der Waals surface area contributed by atoms with Gasteiger partial charge in [0.25, 0.3) is 6.43 Å². The Morgan fingerprint density at radius 2 is 1.86 bits per heavy atom. The van der Waals surface area contributed by atoms with Gasteiger partial charge in [-0.05, 0) is 23.6 Å². The summed E-state index contributed by atoms with van der Waals surface area (Å²) in [7, 11) is 0. The van der Waals surface area contributed by atoms with E-state index >= 15 is 0 Å². The van der Waals surface area contributed by atoms with E-state index in [0.717, 1.165) is 0 Å². The molecule has 0 bridgehead atoms. The molecule has 0 saturated carbocycles. The van der Waals surface area contributed by atoms with Crippen molar-refractivity contribution < 1.29 is 8.78 Å². The highest BCUT2D eigenvalue weighted by Gasteiger charge is 2.15. The van der Waals surface area contributed by atoms with Crippen molar-refractivity contribution in [1.29, 1.82) is 5.26 Å². The molecule has 0 atom stereocenters. The first-order chi connectivity index (χ1) is 6.56. The third-order valence-corrected chi connectivity index (χ3v) is 2.07. The number of alkyl halides is 2. The smallest absolute Gasteiger partial charge is 0.205 e. The van der Waals surface area contributed by atoms with E-state index in [1.165, 1.54) is 6.07 Å². The van der Waals surface area contributed by atoms with Gasteiger partial charge >= 0.3 is 0 Å². The number of rotatable bonds is 2. The van der Waals surface area contributed by atoms with Gasteiger partial charge in [-0.15, -0.1) is 0 Å². The molecule has 1 aromatic rings. The van der Waals surface area contributed by atoms with E-state index in [-0.39, 0.29) is 17.0 Å². The molecule has 0 unspecified atom stereocenters. The number of hydrogen-bond donors (Lipinski definition) is 0. The molecule has 3 heteroatoms. The Bertz CT molecular complexity index is 364. The van der Waals surface area contributed by atoms with E-state index in [4.69, 9.17) is 5.26 Å². The van der Waals surface area contributed by atoms with Crippen LogP contribution in [0.5, 0.6) is 0 Å². The molecule has 1 nitrogen and oxygen atoms in total. The van der Waals surface area contributed by atoms with E-state index in [2.05, 4.69) is 0 Å². The molecule has 0 fully saturated rings. The van der Waals surface area contributed by atoms with Gasteiger partial charge in [0.2, 0.25) is 0 Å². The van der Waals surface area contributed by atoms with Gasteiger partial charge in [0.05, 0.1) is 11.6 Å². The fraction of sp³-hybridized carbons (Fsp3) is 0.364. The van der Waals surface area contributed by atoms with Gasteiger partial charge < -0.3 is 0 Å². The number of benzene rings is 1. The van der Waals surface area contributed by atoms with E-state index in [0.29, 0.717) is 5.56 Å². The molecule has 0 spiro atoms. The first-order valence-corrected chi connectivity index (χ1v) is 4.38. The van der Waals surface area contributed by atoms with Crippen LogP contribution in [0.3, 0.4) is 0 Å². The van der Waals surface area contributed by atoms with Gasteiger partial charge in [0, 0.05) is 5.56 Å². The lowest BCUT2D eigenvalue weighted by Gasteiger charge is -2.11. The quantitative estimate of drug-likeness (QED) is 0.707. The summed E-state index contributed by atoms with van der Waals surface area (Å²) in [5.41, 5.74) is 0.864. The summed E-state index contributed by atoms with van der Waals surface area (Å²) in [5, 5.41) is 8.58. The Labute approximate surface area is 82.0 Å². The van der Waals surface area contributed by atoms with Crippen molar-refractivity contribution in [2.75, 3.05) is 0 Å². The lowest BCUT2D eigenvalue weighted by Crippen LogP contribution is -1.97. The summed E-state index contributed by atoms with van der Waals surface area (Å²) in [4.78, 5) is 0. The van der Waals surface area contributed by atoms with Crippen LogP contribution < -0.4 is 0 Å². The first kappa shape index (κ1) is 10.6. The average Bonchev–Trinajstić information content (AvgIpc) is 2.16. The Morgan fingerprint density at radius 3 is 2.29 bits per heavy atom. The average molecular weight is 195 g/mol. The zero-order valence-electron chi connectivity index (χ0n) is 8.09. The maximum atomic E-state index is 12.6. The summed E-state index contributed by atoms with van der Waals surface area (Å²) < 4.78 is 25.2. The van der Waals surface area contributed by atoms with Crippen molar-refractivity contribution in [3.63, 3.8) is 0 Å². The van der Waals surface area contributed by atoms with E-state index in [9.17, 15) is 8.78 Å². The highest BCUT2D eigenvalue weighted by molar-refractivity contribution is 5.40. The molecular weight excluding hydrogens is 184 g/mol. The maximum Gasteiger partial charge on any atom is 0.264 e. The van der Waals surface area contributed by atoms with Crippen molar-refractivity contribution in [3.05, 3.63) is 34.9 Å². The van der Waals surface area contributed by atoms with Crippen LogP contribution in [0.1, 0.15) is 42.9 Å². The summed E-state index contributed by atoms with van der Waals surface area (Å²) >= 11 is 0. The van der Waals surface area contributed by atoms with Gasteiger partial charge in [0.1, 0.15) is 0 Å². The van der Waals surface area contributed by atoms with E-state index in [1.54, 1.807) is 12.1 Å². The molecule has 0 aliphatic rings. The zero-order valence-corrected chi connectivity index (χ0v) is 8.09. The maximum absolute atomic E-state index is 12.6. The highest BCUT2D eigenvalue weighted by atomic mass is 19.3. The summed E-state index contributed by atoms with van der Waals surface area (Å²) in [6, 6.07) is 6.29. The molecule has 0 aliphatic heterocycles. The Balaban J connectivity index is 3.26. The number of nitriles is 1. The van der Waals surface area contributed by atoms with Crippen LogP contribution in [0.4, 0.5) is 8.78 Å². The third kappa shape index (κ3) is 2.08. The normalized spacial score (nSPS) is 10.6. The molecule has 14 heavy (non-hydrogen) atoms. The van der Waals surface area contributed by atoms with Crippen molar-refractivity contribution in [1.82, 2.24) is 0 Å². The molecule has 1 aromatic carbocycles. The minimum atomic E-state index is -2.51. The molecule has 0 N–H and O–H groups in total. The molecule has 0 amide bonds. The minimum Gasteiger partial charge on any atom is -0.205 e. The molecule has 1 rings (SSSR count). The van der Waals surface area contributed by atoms with Crippen LogP contribution in [-0.4, -0.2) is 0 Å². The van der Waals surface area contributed by atoms with Gasteiger partial charge in [-0.1, -0.05) is 19.9 Å². The molecule has 0 radical (unpaired) electrons. The van der Waals surface area contributed by atoms with Crippen LogP contribution in [-0.2, 0) is 0 Å². The summed E-state index contributed by atoms with van der Waals surface area (Å²) in [6.07, 6.45) is -2.51. The topological polar surface area (TPSA) is 23.8 Å². The van der Waals surface area contributed by atoms with Crippen LogP contribution in [0, 0.1) is 11.3 Å². The predicted molar refractivity (Wildman–Crippen MR) is 50.2 cm³/mol. The largest absolute Gasteiger partial charge is 0.264 e. The fourth-order valence-electron chi connectivity index (χ4n) is 1.36. The van der Waals surface area contributed by atoms with Crippen molar-refractivity contribution >= 4 is 0 Å². The van der Waals surface area contributed by atoms with Crippen molar-refractivity contribution in [3.8, 4) is 6.07 Å². The number of hydrogen-bond acceptors (Lipinski definition) is 1. The summed E-state index contributed by atoms with van der Waals surface area (Å²) in [6.45, 7) is 3.71. The van der Waals surface area contributed by atoms with Gasteiger partial charge in [-0.2, -0.15) is 5.26 Å². The lowest BCUT2D eigenvalue weighted by molar-refractivity contribution is 0.150. The highest BCUT2D eigenvalue weighted by Crippen LogP contribution is 2.28. The van der Waals surface area contributed by atoms with Crippen LogP contribution in [0.2, 0.25) is 0 Å². The molecule has 74 valence electrons. The molecule has 0 saturated heterocycles. The Kier molecular flexibility index (Phi) is 3.19. The van der Waals surface area contributed by atoms with E-state index in [1.807, 2.05) is 19.9 Å². The Morgan fingerprint density at radius 1 is 1.21 bits per heavy atom. The molecule has 0 aromatic heterocycles. The second-order valence-corrected chi connectivity index (χ2v) is 3.41. The second kappa shape index (κ2) is 4.19. The van der Waals surface area contributed by atoms with Gasteiger partial charge in [0.15, 0.2) is 0 Å². The minimum absolute atomic E-state index is 0.0287. The van der Waals surface area contributed by atoms with Crippen molar-refractivity contribution in [2.45, 2.75) is 26.2 Å². The van der Waals surface area contributed by atoms with Crippen LogP contribution in [0.15, 0.2) is 18.2 Å². The second-order valence-electron chi connectivity index (χ2n) is 3.41. The van der Waals surface area contributed by atoms with Crippen molar-refractivity contribution in [2.24, 2.45) is 0 Å². The Hall–Kier alpha value is -1.43. The third-order valence-electron chi connectivity index (χ3n) is 2.07. The van der Waals surface area contributed by atoms with Gasteiger partial charge in [-0.3, -0.25) is 0 Å². The van der Waals surface area contributed by atoms with E-state index < -0.39 is 6.43 Å². The van der Waals surface area contributed by atoms with Crippen LogP contribution in [0.25, 0.3) is 0 Å². The van der Waals surface area contributed by atoms with Gasteiger partial charge in [-0.25, -0.2) is 8.78 Å². The van der Waals surface area contributed by atoms with Crippen LogP contribution >= 0.6 is 0 Å². The number of halogens is 2. The first-order valence-electron chi connectivity index (χ1n) is 4.38. The zero-order chi connectivity index (χ0) is 10.7. The molecule has 0 heterocycles. The molecular formula is C11H11F2N. The predicted octanol–water partition coefficient (Wildman–Crippen LogP) is 3.62.